The number of nitrogens with one attached hydrogen (secondary N) is 1. The molecule has 1 atom stereocenters. The molecule has 0 saturated heterocycles. The highest BCUT2D eigenvalue weighted by Crippen LogP contribution is 2.28. The summed E-state index contributed by atoms with van der Waals surface area (Å²) >= 11 is 0. The van der Waals surface area contributed by atoms with Crippen molar-refractivity contribution in [2.24, 2.45) is 0 Å². The molecule has 2 rings (SSSR count). The predicted octanol–water partition coefficient (Wildman–Crippen LogP) is 3.76. The Morgan fingerprint density at radius 1 is 1.14 bits per heavy atom. The Morgan fingerprint density at radius 2 is 1.86 bits per heavy atom. The van der Waals surface area contributed by atoms with Crippen LogP contribution in [0.3, 0.4) is 0 Å². The third kappa shape index (κ3) is 5.33. The molecule has 2 aromatic carbocycles. The van der Waals surface area contributed by atoms with Crippen molar-refractivity contribution < 1.29 is 19.1 Å². The van der Waals surface area contributed by atoms with Crippen molar-refractivity contribution in [3.63, 3.8) is 0 Å². The summed E-state index contributed by atoms with van der Waals surface area (Å²) in [5.41, 5.74) is 2.04. The van der Waals surface area contributed by atoms with E-state index in [9.17, 15) is 9.59 Å². The molecular weight excluding hydrogens is 356 g/mol. The molecule has 0 aliphatic carbocycles. The SMILES string of the molecule is CCOc1ccc(CN(C)[C@@H](C)C(=O)Nc2ccccc2C(C)=O)cc1OC. The lowest BCUT2D eigenvalue weighted by molar-refractivity contribution is -0.120. The van der Waals surface area contributed by atoms with E-state index in [2.05, 4.69) is 5.32 Å². The molecule has 0 bridgehead atoms. The number of rotatable bonds is 9. The van der Waals surface area contributed by atoms with Crippen LogP contribution in [0.1, 0.15) is 36.7 Å². The average Bonchev–Trinajstić information content (AvgIpc) is 2.68. The van der Waals surface area contributed by atoms with E-state index in [-0.39, 0.29) is 11.7 Å². The molecule has 1 N–H and O–H groups in total. The van der Waals surface area contributed by atoms with Crippen LogP contribution in [0.2, 0.25) is 0 Å². The number of hydrogen-bond donors (Lipinski definition) is 1. The number of likely N-dealkylation sites (N-methyl/N-ethyl adjacent to an activating group) is 1. The highest BCUT2D eigenvalue weighted by Gasteiger charge is 2.20. The van der Waals surface area contributed by atoms with Gasteiger partial charge >= 0.3 is 0 Å². The molecular formula is C22H28N2O4. The first-order valence-corrected chi connectivity index (χ1v) is 9.28. The zero-order valence-electron chi connectivity index (χ0n) is 17.1. The molecule has 28 heavy (non-hydrogen) atoms. The zero-order valence-corrected chi connectivity index (χ0v) is 17.1. The van der Waals surface area contributed by atoms with Crippen LogP contribution in [0.15, 0.2) is 42.5 Å². The highest BCUT2D eigenvalue weighted by molar-refractivity contribution is 6.04. The molecule has 2 aromatic rings. The quantitative estimate of drug-likeness (QED) is 0.667. The molecule has 1 amide bonds. The van der Waals surface area contributed by atoms with Crippen molar-refractivity contribution >= 4 is 17.4 Å². The van der Waals surface area contributed by atoms with Crippen LogP contribution in [0.25, 0.3) is 0 Å². The first kappa shape index (κ1) is 21.4. The first-order chi connectivity index (χ1) is 13.4. The van der Waals surface area contributed by atoms with Crippen molar-refractivity contribution in [2.45, 2.75) is 33.4 Å². The predicted molar refractivity (Wildman–Crippen MR) is 110 cm³/mol. The van der Waals surface area contributed by atoms with Gasteiger partial charge in [0.2, 0.25) is 5.91 Å². The van der Waals surface area contributed by atoms with Gasteiger partial charge in [-0.25, -0.2) is 0 Å². The van der Waals surface area contributed by atoms with Gasteiger partial charge in [-0.15, -0.1) is 0 Å². The van der Waals surface area contributed by atoms with Crippen LogP contribution >= 0.6 is 0 Å². The van der Waals surface area contributed by atoms with Crippen molar-refractivity contribution in [1.82, 2.24) is 4.90 Å². The standard InChI is InChI=1S/C22H28N2O4/c1-6-28-20-12-11-17(13-21(20)27-5)14-24(4)15(2)22(26)23-19-10-8-7-9-18(19)16(3)25/h7-13,15H,6,14H2,1-5H3,(H,23,26)/t15-/m0/s1. The number of hydrogen-bond acceptors (Lipinski definition) is 5. The Bertz CT molecular complexity index is 835. The van der Waals surface area contributed by atoms with Gasteiger partial charge in [-0.05, 0) is 57.6 Å². The normalized spacial score (nSPS) is 11.8. The molecule has 0 aliphatic heterocycles. The van der Waals surface area contributed by atoms with Gasteiger partial charge in [-0.2, -0.15) is 0 Å². The van der Waals surface area contributed by atoms with Gasteiger partial charge < -0.3 is 14.8 Å². The summed E-state index contributed by atoms with van der Waals surface area (Å²) in [4.78, 5) is 26.3. The minimum Gasteiger partial charge on any atom is -0.493 e. The number of para-hydroxylation sites is 1. The second-order valence-corrected chi connectivity index (χ2v) is 6.60. The monoisotopic (exact) mass is 384 g/mol. The third-order valence-electron chi connectivity index (χ3n) is 4.56. The lowest BCUT2D eigenvalue weighted by Crippen LogP contribution is -2.39. The van der Waals surface area contributed by atoms with E-state index < -0.39 is 6.04 Å². The van der Waals surface area contributed by atoms with Crippen LogP contribution in [-0.2, 0) is 11.3 Å². The van der Waals surface area contributed by atoms with Gasteiger partial charge in [0.15, 0.2) is 17.3 Å². The maximum Gasteiger partial charge on any atom is 0.241 e. The number of Topliss-reactive ketones (excluding diaryl/α,β-unsaturated/α-hetero) is 1. The molecule has 0 fully saturated rings. The largest absolute Gasteiger partial charge is 0.493 e. The smallest absolute Gasteiger partial charge is 0.241 e. The maximum absolute atomic E-state index is 12.7. The van der Waals surface area contributed by atoms with E-state index >= 15 is 0 Å². The Kier molecular flexibility index (Phi) is 7.58. The van der Waals surface area contributed by atoms with Crippen LogP contribution in [0, 0.1) is 0 Å². The van der Waals surface area contributed by atoms with E-state index in [1.807, 2.05) is 44.0 Å². The number of nitrogens with zero attached hydrogens (tertiary/aromatic N) is 1. The van der Waals surface area contributed by atoms with Crippen molar-refractivity contribution in [3.8, 4) is 11.5 Å². The summed E-state index contributed by atoms with van der Waals surface area (Å²) in [6.07, 6.45) is 0. The van der Waals surface area contributed by atoms with Gasteiger partial charge in [0.05, 0.1) is 25.4 Å². The molecule has 0 unspecified atom stereocenters. The number of carbonyl (C=O) groups excluding carboxylic acids is 2. The van der Waals surface area contributed by atoms with Crippen LogP contribution in [-0.4, -0.2) is 43.4 Å². The lowest BCUT2D eigenvalue weighted by Gasteiger charge is -2.24. The topological polar surface area (TPSA) is 67.9 Å². The Labute approximate surface area is 166 Å². The fraction of sp³-hybridized carbons (Fsp3) is 0.364. The van der Waals surface area contributed by atoms with Gasteiger partial charge in [-0.3, -0.25) is 14.5 Å². The second-order valence-electron chi connectivity index (χ2n) is 6.60. The summed E-state index contributed by atoms with van der Waals surface area (Å²) in [5, 5.41) is 2.86. The van der Waals surface area contributed by atoms with Crippen molar-refractivity contribution in [3.05, 3.63) is 53.6 Å². The second kappa shape index (κ2) is 9.90. The summed E-state index contributed by atoms with van der Waals surface area (Å²) in [6, 6.07) is 12.4. The molecule has 0 saturated carbocycles. The average molecular weight is 384 g/mol. The Morgan fingerprint density at radius 3 is 2.50 bits per heavy atom. The third-order valence-corrected chi connectivity index (χ3v) is 4.56. The summed E-state index contributed by atoms with van der Waals surface area (Å²) in [5.74, 6) is 1.11. The number of ketones is 1. The lowest BCUT2D eigenvalue weighted by atomic mass is 10.1. The number of methoxy groups -OCH3 is 1. The van der Waals surface area contributed by atoms with Crippen LogP contribution in [0.5, 0.6) is 11.5 Å². The first-order valence-electron chi connectivity index (χ1n) is 9.28. The Balaban J connectivity index is 2.07. The van der Waals surface area contributed by atoms with Gasteiger partial charge in [-0.1, -0.05) is 18.2 Å². The van der Waals surface area contributed by atoms with Gasteiger partial charge in [0, 0.05) is 12.1 Å². The van der Waals surface area contributed by atoms with Gasteiger partial charge in [0.25, 0.3) is 0 Å². The van der Waals surface area contributed by atoms with Gasteiger partial charge in [0.1, 0.15) is 0 Å². The minimum absolute atomic E-state index is 0.0848. The molecule has 150 valence electrons. The maximum atomic E-state index is 12.7. The number of carbonyl (C=O) groups is 2. The molecule has 0 radical (unpaired) electrons. The highest BCUT2D eigenvalue weighted by atomic mass is 16.5. The minimum atomic E-state index is -0.391. The van der Waals surface area contributed by atoms with Crippen LogP contribution in [0.4, 0.5) is 5.69 Å². The zero-order chi connectivity index (χ0) is 20.7. The molecule has 0 spiro atoms. The van der Waals surface area contributed by atoms with E-state index in [0.717, 1.165) is 5.56 Å². The van der Waals surface area contributed by atoms with E-state index in [1.54, 1.807) is 31.4 Å². The summed E-state index contributed by atoms with van der Waals surface area (Å²) in [6.45, 7) is 6.36. The number of benzene rings is 2. The number of ether oxygens (including phenoxy) is 2. The van der Waals surface area contributed by atoms with E-state index in [0.29, 0.717) is 35.9 Å². The summed E-state index contributed by atoms with van der Waals surface area (Å²) in [7, 11) is 3.48. The fourth-order valence-electron chi connectivity index (χ4n) is 2.85. The number of anilines is 1. The van der Waals surface area contributed by atoms with Crippen molar-refractivity contribution in [2.75, 3.05) is 26.1 Å². The molecule has 0 aliphatic rings. The fourth-order valence-corrected chi connectivity index (χ4v) is 2.85. The molecule has 6 heteroatoms. The Hall–Kier alpha value is -2.86. The van der Waals surface area contributed by atoms with E-state index in [4.69, 9.17) is 9.47 Å². The van der Waals surface area contributed by atoms with E-state index in [1.165, 1.54) is 6.92 Å². The number of amides is 1. The molecule has 0 aromatic heterocycles. The van der Waals surface area contributed by atoms with Crippen LogP contribution < -0.4 is 14.8 Å². The molecule has 0 heterocycles. The van der Waals surface area contributed by atoms with Crippen molar-refractivity contribution in [1.29, 1.82) is 0 Å². The summed E-state index contributed by atoms with van der Waals surface area (Å²) < 4.78 is 10.9. The molecule has 6 nitrogen and oxygen atoms in total.